The predicted octanol–water partition coefficient (Wildman–Crippen LogP) is 3.38. The minimum absolute atomic E-state index is 0.00844. The van der Waals surface area contributed by atoms with Crippen molar-refractivity contribution in [1.29, 1.82) is 0 Å². The summed E-state index contributed by atoms with van der Waals surface area (Å²) in [6.45, 7) is 2.13. The lowest BCUT2D eigenvalue weighted by atomic mass is 10.1. The molecule has 0 radical (unpaired) electrons. The summed E-state index contributed by atoms with van der Waals surface area (Å²) >= 11 is 0. The molecule has 3 aromatic rings. The van der Waals surface area contributed by atoms with Crippen LogP contribution in [-0.4, -0.2) is 60.2 Å². The minimum Gasteiger partial charge on any atom is -0.454 e. The summed E-state index contributed by atoms with van der Waals surface area (Å²) in [5, 5.41) is 5.21. The molecule has 42 heavy (non-hydrogen) atoms. The highest BCUT2D eigenvalue weighted by Crippen LogP contribution is 2.24. The first-order valence-corrected chi connectivity index (χ1v) is 13.3. The molecular weight excluding hydrogens is 542 g/mol. The lowest BCUT2D eigenvalue weighted by Gasteiger charge is -2.13. The zero-order chi connectivity index (χ0) is 30.2. The smallest absolute Gasteiger partial charge is 0.338 e. The summed E-state index contributed by atoms with van der Waals surface area (Å²) < 4.78 is 10.00. The van der Waals surface area contributed by atoms with E-state index in [0.717, 1.165) is 24.0 Å². The fourth-order valence-electron chi connectivity index (χ4n) is 4.14. The Labute approximate surface area is 241 Å². The molecule has 11 nitrogen and oxygen atoms in total. The number of imide groups is 1. The van der Waals surface area contributed by atoms with Crippen molar-refractivity contribution < 1.29 is 38.2 Å². The normalized spacial score (nSPS) is 12.0. The predicted molar refractivity (Wildman–Crippen MR) is 152 cm³/mol. The van der Waals surface area contributed by atoms with Crippen molar-refractivity contribution in [3.8, 4) is 0 Å². The molecule has 0 aliphatic carbocycles. The van der Waals surface area contributed by atoms with E-state index in [2.05, 4.69) is 10.6 Å². The third-order valence-electron chi connectivity index (χ3n) is 6.48. The second-order valence-corrected chi connectivity index (χ2v) is 9.39. The second-order valence-electron chi connectivity index (χ2n) is 9.39. The van der Waals surface area contributed by atoms with E-state index in [4.69, 9.17) is 9.47 Å². The van der Waals surface area contributed by atoms with Crippen LogP contribution in [-0.2, 0) is 36.7 Å². The number of carbonyl (C=O) groups excluding carboxylic acids is 6. The highest BCUT2D eigenvalue weighted by molar-refractivity contribution is 6.22. The Bertz CT molecular complexity index is 1530. The topological polar surface area (TPSA) is 148 Å². The van der Waals surface area contributed by atoms with Gasteiger partial charge in [-0.3, -0.25) is 28.9 Å². The van der Waals surface area contributed by atoms with Crippen LogP contribution in [0, 0.1) is 0 Å². The van der Waals surface area contributed by atoms with Gasteiger partial charge in [-0.15, -0.1) is 0 Å². The Morgan fingerprint density at radius 2 is 1.17 bits per heavy atom. The molecule has 3 aromatic carbocycles. The van der Waals surface area contributed by atoms with Gasteiger partial charge in [0.25, 0.3) is 23.6 Å². The van der Waals surface area contributed by atoms with Gasteiger partial charge < -0.3 is 20.1 Å². The Hall–Kier alpha value is -5.32. The van der Waals surface area contributed by atoms with Crippen LogP contribution in [0.4, 0.5) is 11.4 Å². The van der Waals surface area contributed by atoms with Crippen molar-refractivity contribution >= 4 is 46.9 Å². The zero-order valence-electron chi connectivity index (χ0n) is 23.1. The number of anilines is 2. The van der Waals surface area contributed by atoms with Crippen LogP contribution >= 0.6 is 0 Å². The number of esters is 2. The number of hydrogen-bond acceptors (Lipinski definition) is 8. The first-order valence-electron chi connectivity index (χ1n) is 13.3. The van der Waals surface area contributed by atoms with E-state index in [1.54, 1.807) is 24.3 Å². The van der Waals surface area contributed by atoms with Crippen molar-refractivity contribution in [2.24, 2.45) is 0 Å². The monoisotopic (exact) mass is 571 g/mol. The van der Waals surface area contributed by atoms with Crippen molar-refractivity contribution in [1.82, 2.24) is 4.90 Å². The molecule has 4 amide bonds. The Balaban J connectivity index is 1.27. The van der Waals surface area contributed by atoms with Crippen molar-refractivity contribution in [3.05, 3.63) is 94.5 Å². The first-order chi connectivity index (χ1) is 20.2. The quantitative estimate of drug-likeness (QED) is 0.263. The molecule has 0 bridgehead atoms. The first kappa shape index (κ1) is 29.7. The summed E-state index contributed by atoms with van der Waals surface area (Å²) in [5.74, 6) is -4.52. The van der Waals surface area contributed by atoms with E-state index in [1.807, 2.05) is 38.1 Å². The van der Waals surface area contributed by atoms with Gasteiger partial charge in [-0.05, 0) is 66.4 Å². The molecule has 0 atom stereocenters. The maximum atomic E-state index is 12.9. The van der Waals surface area contributed by atoms with E-state index in [-0.39, 0.29) is 16.7 Å². The van der Waals surface area contributed by atoms with Crippen LogP contribution in [0.25, 0.3) is 0 Å². The highest BCUT2D eigenvalue weighted by atomic mass is 16.5. The summed E-state index contributed by atoms with van der Waals surface area (Å²) in [6.07, 6.45) is 1.71. The van der Waals surface area contributed by atoms with E-state index >= 15 is 0 Å². The maximum absolute atomic E-state index is 12.9. The van der Waals surface area contributed by atoms with Crippen LogP contribution in [0.1, 0.15) is 56.0 Å². The molecule has 4 rings (SSSR count). The van der Waals surface area contributed by atoms with Crippen molar-refractivity contribution in [2.45, 2.75) is 26.7 Å². The third-order valence-corrected chi connectivity index (χ3v) is 6.48. The number of rotatable bonds is 11. The number of aryl methyl sites for hydroxylation is 2. The molecule has 0 aromatic heterocycles. The number of benzene rings is 3. The largest absolute Gasteiger partial charge is 0.454 e. The summed E-state index contributed by atoms with van der Waals surface area (Å²) in [6, 6.07) is 18.1. The fraction of sp³-hybridized carbons (Fsp3) is 0.226. The van der Waals surface area contributed by atoms with Crippen molar-refractivity contribution in [3.63, 3.8) is 0 Å². The minimum atomic E-state index is -0.962. The van der Waals surface area contributed by atoms with Gasteiger partial charge in [-0.25, -0.2) is 4.79 Å². The molecule has 0 unspecified atom stereocenters. The molecule has 0 fully saturated rings. The number of nitrogens with zero attached hydrogens (tertiary/aromatic N) is 1. The van der Waals surface area contributed by atoms with Crippen LogP contribution in [0.3, 0.4) is 0 Å². The van der Waals surface area contributed by atoms with Crippen LogP contribution in [0.2, 0.25) is 0 Å². The molecule has 0 saturated carbocycles. The van der Waals surface area contributed by atoms with Gasteiger partial charge >= 0.3 is 11.9 Å². The number of ether oxygens (including phenoxy) is 2. The zero-order valence-corrected chi connectivity index (χ0v) is 23.1. The lowest BCUT2D eigenvalue weighted by Crippen LogP contribution is -2.36. The molecular formula is C31H29N3O8. The Morgan fingerprint density at radius 3 is 1.69 bits per heavy atom. The van der Waals surface area contributed by atoms with E-state index in [9.17, 15) is 28.8 Å². The third kappa shape index (κ3) is 7.25. The molecule has 1 aliphatic rings. The lowest BCUT2D eigenvalue weighted by molar-refractivity contribution is -0.147. The summed E-state index contributed by atoms with van der Waals surface area (Å²) in [5.41, 5.74) is 3.13. The molecule has 0 saturated heterocycles. The highest BCUT2D eigenvalue weighted by Gasteiger charge is 2.37. The van der Waals surface area contributed by atoms with Gasteiger partial charge in [0.2, 0.25) is 0 Å². The number of hydrogen-bond donors (Lipinski definition) is 2. The van der Waals surface area contributed by atoms with Gasteiger partial charge in [0, 0.05) is 11.4 Å². The van der Waals surface area contributed by atoms with Gasteiger partial charge in [-0.1, -0.05) is 38.1 Å². The molecule has 1 heterocycles. The molecule has 11 heteroatoms. The van der Waals surface area contributed by atoms with E-state index in [1.165, 1.54) is 18.2 Å². The van der Waals surface area contributed by atoms with Crippen LogP contribution < -0.4 is 10.6 Å². The molecule has 1 aliphatic heterocycles. The van der Waals surface area contributed by atoms with Gasteiger partial charge in [-0.2, -0.15) is 0 Å². The Kier molecular flexibility index (Phi) is 9.43. The van der Waals surface area contributed by atoms with E-state index in [0.29, 0.717) is 16.3 Å². The number of nitrogens with one attached hydrogen (secondary N) is 2. The summed E-state index contributed by atoms with van der Waals surface area (Å²) in [4.78, 5) is 75.4. The average Bonchev–Trinajstić information content (AvgIpc) is 3.23. The maximum Gasteiger partial charge on any atom is 0.338 e. The number of fused-ring (bicyclic) bond motifs is 1. The van der Waals surface area contributed by atoms with Crippen molar-refractivity contribution in [2.75, 3.05) is 30.4 Å². The summed E-state index contributed by atoms with van der Waals surface area (Å²) in [7, 11) is 0. The average molecular weight is 572 g/mol. The van der Waals surface area contributed by atoms with E-state index < -0.39 is 55.3 Å². The molecule has 216 valence electrons. The van der Waals surface area contributed by atoms with Gasteiger partial charge in [0.1, 0.15) is 6.54 Å². The molecule has 2 N–H and O–H groups in total. The Morgan fingerprint density at radius 1 is 0.667 bits per heavy atom. The standard InChI is InChI=1S/C31H29N3O8/c1-3-19-5-10-22(11-6-19)32-26(35)17-41-28(37)16-34-29(38)24-14-9-21(15-25(24)30(34)39)31(40)42-18-27(36)33-23-12-7-20(4-2)8-13-23/h5-15H,3-4,16-18H2,1-2H3,(H,32,35)(H,33,36). The number of carbonyl (C=O) groups is 6. The SMILES string of the molecule is CCc1ccc(NC(=O)COC(=O)CN2C(=O)c3ccc(C(=O)OCC(=O)Nc4ccc(CC)cc4)cc3C2=O)cc1. The van der Waals surface area contributed by atoms with Gasteiger partial charge in [0.15, 0.2) is 13.2 Å². The number of amides is 4. The molecule has 0 spiro atoms. The van der Waals surface area contributed by atoms with Gasteiger partial charge in [0.05, 0.1) is 16.7 Å². The van der Waals surface area contributed by atoms with Crippen LogP contribution in [0.5, 0.6) is 0 Å². The van der Waals surface area contributed by atoms with Crippen LogP contribution in [0.15, 0.2) is 66.7 Å². The second kappa shape index (κ2) is 13.4. The fourth-order valence-corrected chi connectivity index (χ4v) is 4.14.